The van der Waals surface area contributed by atoms with Crippen molar-refractivity contribution in [3.8, 4) is 0 Å². The molecule has 0 radical (unpaired) electrons. The fourth-order valence-electron chi connectivity index (χ4n) is 0.814. The summed E-state index contributed by atoms with van der Waals surface area (Å²) in [5.41, 5.74) is 5.63. The van der Waals surface area contributed by atoms with Crippen molar-refractivity contribution in [2.75, 3.05) is 12.0 Å². The molecule has 2 N–H and O–H groups in total. The van der Waals surface area contributed by atoms with E-state index in [4.69, 9.17) is 5.73 Å². The Bertz CT molecular complexity index is 289. The largest absolute Gasteiger partial charge is 0.384 e. The minimum Gasteiger partial charge on any atom is -0.384 e. The maximum atomic E-state index is 5.63. The van der Waals surface area contributed by atoms with Gasteiger partial charge >= 0.3 is 0 Å². The topological polar surface area (TPSA) is 51.8 Å². The van der Waals surface area contributed by atoms with E-state index in [1.54, 1.807) is 11.8 Å². The lowest BCUT2D eigenvalue weighted by atomic mass is 10.6. The van der Waals surface area contributed by atoms with E-state index in [0.29, 0.717) is 11.1 Å². The summed E-state index contributed by atoms with van der Waals surface area (Å²) in [6, 6.07) is 1.81. The fraction of sp³-hybridized carbons (Fsp3) is 0.500. The molecule has 0 amide bonds. The number of hydrogen-bond donors (Lipinski definition) is 1. The number of nitrogens with two attached hydrogens (primary N) is 1. The summed E-state index contributed by atoms with van der Waals surface area (Å²) < 4.78 is 0. The van der Waals surface area contributed by atoms with Crippen molar-refractivity contribution >= 4 is 29.3 Å². The van der Waals surface area contributed by atoms with Gasteiger partial charge in [-0.05, 0) is 6.26 Å². The third-order valence-corrected chi connectivity index (χ3v) is 2.71. The molecular weight excluding hydrogens is 202 g/mol. The van der Waals surface area contributed by atoms with Crippen LogP contribution in [0.5, 0.6) is 0 Å². The van der Waals surface area contributed by atoms with Gasteiger partial charge in [-0.2, -0.15) is 0 Å². The Morgan fingerprint density at radius 2 is 2.08 bits per heavy atom. The Hall–Kier alpha value is -0.420. The Morgan fingerprint density at radius 1 is 1.38 bits per heavy atom. The van der Waals surface area contributed by atoms with Crippen molar-refractivity contribution in [2.45, 2.75) is 29.3 Å². The molecule has 0 unspecified atom stereocenters. The van der Waals surface area contributed by atoms with Gasteiger partial charge in [0.1, 0.15) is 10.8 Å². The van der Waals surface area contributed by atoms with E-state index >= 15 is 0 Å². The predicted molar refractivity (Wildman–Crippen MR) is 59.2 cm³/mol. The molecule has 1 rings (SSSR count). The first-order chi connectivity index (χ1) is 6.11. The zero-order valence-electron chi connectivity index (χ0n) is 7.94. The summed E-state index contributed by atoms with van der Waals surface area (Å²) in [6.45, 7) is 4.25. The quantitative estimate of drug-likeness (QED) is 0.476. The third kappa shape index (κ3) is 3.44. The highest BCUT2D eigenvalue weighted by Crippen LogP contribution is 2.23. The molecule has 0 aromatic carbocycles. The van der Waals surface area contributed by atoms with Gasteiger partial charge in [0.2, 0.25) is 0 Å². The fourth-order valence-corrected chi connectivity index (χ4v) is 2.07. The Morgan fingerprint density at radius 3 is 2.62 bits per heavy atom. The number of aromatic nitrogens is 2. The summed E-state index contributed by atoms with van der Waals surface area (Å²) in [4.78, 5) is 8.40. The van der Waals surface area contributed by atoms with Crippen LogP contribution in [-0.2, 0) is 0 Å². The van der Waals surface area contributed by atoms with Gasteiger partial charge in [0.15, 0.2) is 5.16 Å². The highest BCUT2D eigenvalue weighted by Gasteiger charge is 2.04. The van der Waals surface area contributed by atoms with Crippen molar-refractivity contribution in [1.29, 1.82) is 0 Å². The molecule has 0 aliphatic heterocycles. The maximum Gasteiger partial charge on any atom is 0.190 e. The molecule has 0 spiro atoms. The predicted octanol–water partition coefficient (Wildman–Crippen LogP) is 2.28. The van der Waals surface area contributed by atoms with E-state index in [0.717, 1.165) is 10.2 Å². The molecule has 3 nitrogen and oxygen atoms in total. The van der Waals surface area contributed by atoms with Crippen molar-refractivity contribution in [2.24, 2.45) is 0 Å². The molecular formula is C8H13N3S2. The molecule has 0 aliphatic carbocycles. The number of nitrogens with zero attached hydrogens (tertiary/aromatic N) is 2. The van der Waals surface area contributed by atoms with Gasteiger partial charge in [-0.15, -0.1) is 11.8 Å². The molecule has 0 saturated heterocycles. The van der Waals surface area contributed by atoms with Crippen LogP contribution in [0.3, 0.4) is 0 Å². The smallest absolute Gasteiger partial charge is 0.190 e. The van der Waals surface area contributed by atoms with Crippen LogP contribution in [0.2, 0.25) is 0 Å². The number of nitrogen functional groups attached to an aromatic ring is 1. The molecule has 0 bridgehead atoms. The molecule has 13 heavy (non-hydrogen) atoms. The van der Waals surface area contributed by atoms with Crippen LogP contribution in [0.1, 0.15) is 13.8 Å². The van der Waals surface area contributed by atoms with Gasteiger partial charge < -0.3 is 5.73 Å². The second-order valence-electron chi connectivity index (χ2n) is 2.78. The van der Waals surface area contributed by atoms with Gasteiger partial charge in [-0.25, -0.2) is 9.97 Å². The Kier molecular flexibility index (Phi) is 3.87. The van der Waals surface area contributed by atoms with E-state index < -0.39 is 0 Å². The number of rotatable bonds is 3. The molecule has 5 heteroatoms. The number of hydrogen-bond acceptors (Lipinski definition) is 5. The van der Waals surface area contributed by atoms with Crippen molar-refractivity contribution in [1.82, 2.24) is 9.97 Å². The molecule has 1 aromatic heterocycles. The first-order valence-electron chi connectivity index (χ1n) is 3.97. The Balaban J connectivity index is 2.88. The summed E-state index contributed by atoms with van der Waals surface area (Å²) >= 11 is 3.21. The molecule has 0 aliphatic rings. The van der Waals surface area contributed by atoms with Crippen LogP contribution in [0.25, 0.3) is 0 Å². The lowest BCUT2D eigenvalue weighted by Crippen LogP contribution is -1.97. The van der Waals surface area contributed by atoms with Crippen LogP contribution in [0.15, 0.2) is 16.2 Å². The van der Waals surface area contributed by atoms with Crippen LogP contribution < -0.4 is 5.73 Å². The van der Waals surface area contributed by atoms with E-state index in [1.807, 2.05) is 12.3 Å². The van der Waals surface area contributed by atoms with Gasteiger partial charge in [0.25, 0.3) is 0 Å². The number of anilines is 1. The van der Waals surface area contributed by atoms with Crippen molar-refractivity contribution in [3.63, 3.8) is 0 Å². The standard InChI is InChI=1S/C8H13N3S2/c1-5(2)13-7-4-6(9)10-8(11-7)12-3/h4-5H,1-3H3,(H2,9,10,11). The average molecular weight is 215 g/mol. The summed E-state index contributed by atoms with van der Waals surface area (Å²) in [6.07, 6.45) is 1.94. The van der Waals surface area contributed by atoms with Crippen LogP contribution in [-0.4, -0.2) is 21.5 Å². The monoisotopic (exact) mass is 215 g/mol. The minimum atomic E-state index is 0.518. The highest BCUT2D eigenvalue weighted by atomic mass is 32.2. The molecule has 1 heterocycles. The van der Waals surface area contributed by atoms with E-state index in [1.165, 1.54) is 11.8 Å². The van der Waals surface area contributed by atoms with E-state index in [2.05, 4.69) is 23.8 Å². The zero-order valence-corrected chi connectivity index (χ0v) is 9.58. The molecule has 0 fully saturated rings. The number of thioether (sulfide) groups is 2. The van der Waals surface area contributed by atoms with Crippen LogP contribution in [0.4, 0.5) is 5.82 Å². The molecule has 0 saturated carbocycles. The highest BCUT2D eigenvalue weighted by molar-refractivity contribution is 8.00. The summed E-state index contributed by atoms with van der Waals surface area (Å²) in [5, 5.41) is 2.21. The second-order valence-corrected chi connectivity index (χ2v) is 5.15. The van der Waals surface area contributed by atoms with Gasteiger partial charge in [0, 0.05) is 11.3 Å². The zero-order chi connectivity index (χ0) is 9.84. The van der Waals surface area contributed by atoms with Gasteiger partial charge in [-0.1, -0.05) is 25.6 Å². The first kappa shape index (κ1) is 10.7. The van der Waals surface area contributed by atoms with Crippen molar-refractivity contribution in [3.05, 3.63) is 6.07 Å². The summed E-state index contributed by atoms with van der Waals surface area (Å²) in [5.74, 6) is 0.544. The van der Waals surface area contributed by atoms with Gasteiger partial charge in [0.05, 0.1) is 0 Å². The molecule has 0 atom stereocenters. The lowest BCUT2D eigenvalue weighted by Gasteiger charge is -2.05. The normalized spacial score (nSPS) is 10.8. The maximum absolute atomic E-state index is 5.63. The summed E-state index contributed by atoms with van der Waals surface area (Å²) in [7, 11) is 0. The molecule has 72 valence electrons. The second kappa shape index (κ2) is 4.72. The molecule has 1 aromatic rings. The van der Waals surface area contributed by atoms with E-state index in [-0.39, 0.29) is 0 Å². The average Bonchev–Trinajstić information content (AvgIpc) is 2.01. The van der Waals surface area contributed by atoms with Crippen LogP contribution >= 0.6 is 23.5 Å². The third-order valence-electron chi connectivity index (χ3n) is 1.24. The minimum absolute atomic E-state index is 0.518. The van der Waals surface area contributed by atoms with Gasteiger partial charge in [-0.3, -0.25) is 0 Å². The van der Waals surface area contributed by atoms with Crippen LogP contribution in [0, 0.1) is 0 Å². The van der Waals surface area contributed by atoms with Crippen molar-refractivity contribution < 1.29 is 0 Å². The lowest BCUT2D eigenvalue weighted by molar-refractivity contribution is 0.898. The van der Waals surface area contributed by atoms with E-state index in [9.17, 15) is 0 Å². The Labute approximate surface area is 86.9 Å². The first-order valence-corrected chi connectivity index (χ1v) is 6.07. The SMILES string of the molecule is CSc1nc(N)cc(SC(C)C)n1.